The van der Waals surface area contributed by atoms with Gasteiger partial charge in [-0.2, -0.15) is 0 Å². The number of carbonyl (C=O) groups is 2. The van der Waals surface area contributed by atoms with Crippen molar-refractivity contribution in [3.8, 4) is 0 Å². The maximum Gasteiger partial charge on any atom is 0.305 e. The summed E-state index contributed by atoms with van der Waals surface area (Å²) in [5.74, 6) is -0.501. The van der Waals surface area contributed by atoms with Gasteiger partial charge >= 0.3 is 5.97 Å². The van der Waals surface area contributed by atoms with Gasteiger partial charge in [0.1, 0.15) is 0 Å². The molecule has 0 saturated carbocycles. The first-order valence-corrected chi connectivity index (χ1v) is 8.28. The van der Waals surface area contributed by atoms with E-state index in [1.165, 1.54) is 12.8 Å². The van der Waals surface area contributed by atoms with E-state index in [0.717, 1.165) is 18.4 Å². The number of amides is 1. The van der Waals surface area contributed by atoms with Crippen LogP contribution in [0.3, 0.4) is 0 Å². The van der Waals surface area contributed by atoms with Gasteiger partial charge in [0, 0.05) is 12.0 Å². The standard InChI is InChI=1S/C18H27NO4/c1-3-4-5-6-13-22-17(20)8-7-14-23-19-18(21)16-11-9-15(2)10-12-16/h9-12H,3-8,13-14H2,1-2H3,(H,19,21). The Morgan fingerprint density at radius 3 is 2.43 bits per heavy atom. The van der Waals surface area contributed by atoms with Gasteiger partial charge in [-0.1, -0.05) is 43.9 Å². The molecular formula is C18H27NO4. The van der Waals surface area contributed by atoms with Crippen molar-refractivity contribution in [1.82, 2.24) is 5.48 Å². The van der Waals surface area contributed by atoms with Crippen molar-refractivity contribution >= 4 is 11.9 Å². The normalized spacial score (nSPS) is 10.3. The number of carbonyl (C=O) groups excluding carboxylic acids is 2. The van der Waals surface area contributed by atoms with Crippen molar-refractivity contribution in [1.29, 1.82) is 0 Å². The molecule has 0 aliphatic carbocycles. The molecule has 5 nitrogen and oxygen atoms in total. The summed E-state index contributed by atoms with van der Waals surface area (Å²) in [5.41, 5.74) is 4.00. The zero-order chi connectivity index (χ0) is 16.9. The number of benzene rings is 1. The van der Waals surface area contributed by atoms with E-state index in [1.54, 1.807) is 12.1 Å². The Morgan fingerprint density at radius 1 is 1.00 bits per heavy atom. The molecular weight excluding hydrogens is 294 g/mol. The van der Waals surface area contributed by atoms with E-state index in [2.05, 4.69) is 12.4 Å². The number of nitrogens with one attached hydrogen (secondary N) is 1. The van der Waals surface area contributed by atoms with E-state index in [4.69, 9.17) is 9.57 Å². The summed E-state index contributed by atoms with van der Waals surface area (Å²) >= 11 is 0. The van der Waals surface area contributed by atoms with Gasteiger partial charge in [0.15, 0.2) is 0 Å². The molecule has 0 saturated heterocycles. The van der Waals surface area contributed by atoms with E-state index >= 15 is 0 Å². The van der Waals surface area contributed by atoms with Crippen molar-refractivity contribution in [3.05, 3.63) is 35.4 Å². The van der Waals surface area contributed by atoms with Gasteiger partial charge in [0.2, 0.25) is 0 Å². The van der Waals surface area contributed by atoms with Gasteiger partial charge < -0.3 is 4.74 Å². The van der Waals surface area contributed by atoms with Crippen LogP contribution in [0.1, 0.15) is 61.4 Å². The fraction of sp³-hybridized carbons (Fsp3) is 0.556. The molecule has 0 aliphatic heterocycles. The Bertz CT molecular complexity index is 470. The van der Waals surface area contributed by atoms with Gasteiger partial charge in [-0.15, -0.1) is 0 Å². The van der Waals surface area contributed by atoms with Crippen LogP contribution in [0, 0.1) is 6.92 Å². The second-order valence-electron chi connectivity index (χ2n) is 5.53. The molecule has 0 spiro atoms. The first-order valence-electron chi connectivity index (χ1n) is 8.28. The molecule has 0 aliphatic rings. The maximum absolute atomic E-state index is 11.8. The van der Waals surface area contributed by atoms with Crippen LogP contribution < -0.4 is 5.48 Å². The lowest BCUT2D eigenvalue weighted by molar-refractivity contribution is -0.144. The van der Waals surface area contributed by atoms with Crippen molar-refractivity contribution in [2.24, 2.45) is 0 Å². The Morgan fingerprint density at radius 2 is 1.74 bits per heavy atom. The lowest BCUT2D eigenvalue weighted by atomic mass is 10.1. The summed E-state index contributed by atoms with van der Waals surface area (Å²) in [5, 5.41) is 0. The molecule has 0 heterocycles. The zero-order valence-corrected chi connectivity index (χ0v) is 14.1. The average molecular weight is 321 g/mol. The summed E-state index contributed by atoms with van der Waals surface area (Å²) in [4.78, 5) is 28.3. The van der Waals surface area contributed by atoms with E-state index < -0.39 is 0 Å². The molecule has 23 heavy (non-hydrogen) atoms. The number of esters is 1. The maximum atomic E-state index is 11.8. The third kappa shape index (κ3) is 8.98. The molecule has 0 unspecified atom stereocenters. The van der Waals surface area contributed by atoms with E-state index in [-0.39, 0.29) is 18.5 Å². The van der Waals surface area contributed by atoms with Crippen molar-refractivity contribution < 1.29 is 19.2 Å². The molecule has 0 aromatic heterocycles. The van der Waals surface area contributed by atoms with Gasteiger partial charge in [0.25, 0.3) is 5.91 Å². The van der Waals surface area contributed by atoms with E-state index in [9.17, 15) is 9.59 Å². The van der Waals surface area contributed by atoms with Crippen LogP contribution in [0.2, 0.25) is 0 Å². The molecule has 128 valence electrons. The van der Waals surface area contributed by atoms with Crippen LogP contribution in [0.25, 0.3) is 0 Å². The van der Waals surface area contributed by atoms with E-state index in [1.807, 2.05) is 19.1 Å². The molecule has 5 heteroatoms. The highest BCUT2D eigenvalue weighted by molar-refractivity contribution is 5.93. The highest BCUT2D eigenvalue weighted by Crippen LogP contribution is 2.03. The lowest BCUT2D eigenvalue weighted by Gasteiger charge is -2.07. The SMILES string of the molecule is CCCCCCOC(=O)CCCONC(=O)c1ccc(C)cc1. The number of aryl methyl sites for hydroxylation is 1. The molecule has 0 atom stereocenters. The van der Waals surface area contributed by atoms with Crippen LogP contribution in [0.15, 0.2) is 24.3 Å². The molecule has 1 N–H and O–H groups in total. The highest BCUT2D eigenvalue weighted by atomic mass is 16.6. The largest absolute Gasteiger partial charge is 0.466 e. The second-order valence-corrected chi connectivity index (χ2v) is 5.53. The van der Waals surface area contributed by atoms with Crippen LogP contribution in [-0.2, 0) is 14.4 Å². The molecule has 0 fully saturated rings. The third-order valence-corrected chi connectivity index (χ3v) is 3.37. The number of hydroxylamine groups is 1. The second kappa shape index (κ2) is 11.7. The van der Waals surface area contributed by atoms with Gasteiger partial charge in [-0.25, -0.2) is 5.48 Å². The molecule has 0 radical (unpaired) electrons. The third-order valence-electron chi connectivity index (χ3n) is 3.37. The molecule has 1 amide bonds. The summed E-state index contributed by atoms with van der Waals surface area (Å²) in [7, 11) is 0. The van der Waals surface area contributed by atoms with Gasteiger partial charge in [-0.3, -0.25) is 14.4 Å². The number of hydrogen-bond acceptors (Lipinski definition) is 4. The minimum Gasteiger partial charge on any atom is -0.466 e. The smallest absolute Gasteiger partial charge is 0.305 e. The van der Waals surface area contributed by atoms with Gasteiger partial charge in [-0.05, 0) is 31.9 Å². The molecule has 0 bridgehead atoms. The Balaban J connectivity index is 2.03. The zero-order valence-electron chi connectivity index (χ0n) is 14.1. The molecule has 1 aromatic rings. The Hall–Kier alpha value is -1.88. The summed E-state index contributed by atoms with van der Waals surface area (Å²) < 4.78 is 5.11. The van der Waals surface area contributed by atoms with E-state index in [0.29, 0.717) is 25.0 Å². The first-order chi connectivity index (χ1) is 11.1. The van der Waals surface area contributed by atoms with Crippen LogP contribution in [0.5, 0.6) is 0 Å². The fourth-order valence-electron chi connectivity index (χ4n) is 1.96. The van der Waals surface area contributed by atoms with Gasteiger partial charge in [0.05, 0.1) is 13.2 Å². The average Bonchev–Trinajstić information content (AvgIpc) is 2.54. The summed E-state index contributed by atoms with van der Waals surface area (Å²) in [6.07, 6.45) is 5.17. The van der Waals surface area contributed by atoms with Crippen LogP contribution in [0.4, 0.5) is 0 Å². The lowest BCUT2D eigenvalue weighted by Crippen LogP contribution is -2.24. The summed E-state index contributed by atoms with van der Waals surface area (Å²) in [6.45, 7) is 4.87. The van der Waals surface area contributed by atoms with Crippen LogP contribution in [-0.4, -0.2) is 25.1 Å². The number of unbranched alkanes of at least 4 members (excludes halogenated alkanes) is 3. The minimum absolute atomic E-state index is 0.213. The van der Waals surface area contributed by atoms with Crippen LogP contribution >= 0.6 is 0 Å². The molecule has 1 aromatic carbocycles. The first kappa shape index (κ1) is 19.2. The number of hydrogen-bond donors (Lipinski definition) is 1. The quantitative estimate of drug-likeness (QED) is 0.384. The predicted molar refractivity (Wildman–Crippen MR) is 88.9 cm³/mol. The fourth-order valence-corrected chi connectivity index (χ4v) is 1.96. The minimum atomic E-state index is -0.288. The van der Waals surface area contributed by atoms with Crippen molar-refractivity contribution in [2.75, 3.05) is 13.2 Å². The molecule has 1 rings (SSSR count). The highest BCUT2D eigenvalue weighted by Gasteiger charge is 2.06. The van der Waals surface area contributed by atoms with Crippen molar-refractivity contribution in [2.45, 2.75) is 52.4 Å². The topological polar surface area (TPSA) is 64.6 Å². The van der Waals surface area contributed by atoms with Crippen molar-refractivity contribution in [3.63, 3.8) is 0 Å². The Kier molecular flexibility index (Phi) is 9.71. The number of rotatable bonds is 11. The monoisotopic (exact) mass is 321 g/mol. The summed E-state index contributed by atoms with van der Waals surface area (Å²) in [6, 6.07) is 7.21. The Labute approximate surface area is 138 Å². The number of ether oxygens (including phenoxy) is 1. The predicted octanol–water partition coefficient (Wildman–Crippen LogP) is 3.56.